The van der Waals surface area contributed by atoms with Crippen LogP contribution in [0.1, 0.15) is 29.2 Å². The van der Waals surface area contributed by atoms with Gasteiger partial charge in [-0.05, 0) is 78.2 Å². The molecule has 0 bridgehead atoms. The Bertz CT molecular complexity index is 1290. The van der Waals surface area contributed by atoms with Crippen LogP contribution in [0.25, 0.3) is 0 Å². The van der Waals surface area contributed by atoms with E-state index >= 15 is 0 Å². The Morgan fingerprint density at radius 2 is 1.75 bits per heavy atom. The Balaban J connectivity index is 1.68. The van der Waals surface area contributed by atoms with Gasteiger partial charge >= 0.3 is 11.8 Å². The number of halogens is 3. The molecule has 0 aliphatic heterocycles. The van der Waals surface area contributed by atoms with Gasteiger partial charge in [0, 0.05) is 21.3 Å². The molecule has 0 spiro atoms. The molecule has 0 unspecified atom stereocenters. The fourth-order valence-corrected chi connectivity index (χ4v) is 4.31. The maximum atomic E-state index is 12.2. The summed E-state index contributed by atoms with van der Waals surface area (Å²) in [5.41, 5.74) is 5.95. The SMILES string of the molecule is CCOc1cc(/C=N/NC(=O)C(=O)Nc2ccc(C)cc2C)cc(Br)c1OCc1c(Cl)cccc1Cl. The zero-order valence-electron chi connectivity index (χ0n) is 19.8. The van der Waals surface area contributed by atoms with Gasteiger partial charge in [-0.25, -0.2) is 5.43 Å². The third kappa shape index (κ3) is 7.22. The normalized spacial score (nSPS) is 10.8. The molecular weight excluding hydrogens is 569 g/mol. The number of nitrogens with one attached hydrogen (secondary N) is 2. The van der Waals surface area contributed by atoms with Crippen LogP contribution in [-0.4, -0.2) is 24.6 Å². The van der Waals surface area contributed by atoms with Gasteiger partial charge in [-0.15, -0.1) is 0 Å². The number of nitrogens with zero attached hydrogens (tertiary/aromatic N) is 1. The first-order chi connectivity index (χ1) is 17.2. The summed E-state index contributed by atoms with van der Waals surface area (Å²) < 4.78 is 12.3. The summed E-state index contributed by atoms with van der Waals surface area (Å²) in [4.78, 5) is 24.4. The van der Waals surface area contributed by atoms with E-state index in [2.05, 4.69) is 31.8 Å². The van der Waals surface area contributed by atoms with E-state index in [9.17, 15) is 9.59 Å². The smallest absolute Gasteiger partial charge is 0.329 e. The maximum absolute atomic E-state index is 12.2. The molecule has 7 nitrogen and oxygen atoms in total. The number of carbonyl (C=O) groups excluding carboxylic acids is 2. The zero-order chi connectivity index (χ0) is 26.2. The van der Waals surface area contributed by atoms with Gasteiger partial charge in [0.15, 0.2) is 11.5 Å². The Morgan fingerprint density at radius 3 is 2.42 bits per heavy atom. The maximum Gasteiger partial charge on any atom is 0.329 e. The van der Waals surface area contributed by atoms with E-state index < -0.39 is 11.8 Å². The second kappa shape index (κ2) is 12.8. The van der Waals surface area contributed by atoms with Crippen LogP contribution in [0.4, 0.5) is 5.69 Å². The molecule has 36 heavy (non-hydrogen) atoms. The Morgan fingerprint density at radius 1 is 1.03 bits per heavy atom. The first kappa shape index (κ1) is 27.5. The van der Waals surface area contributed by atoms with Crippen LogP contribution in [0.5, 0.6) is 11.5 Å². The molecule has 3 aromatic carbocycles. The van der Waals surface area contributed by atoms with Crippen molar-refractivity contribution in [2.45, 2.75) is 27.4 Å². The second-order valence-corrected chi connectivity index (χ2v) is 9.39. The van der Waals surface area contributed by atoms with Crippen LogP contribution in [0.3, 0.4) is 0 Å². The van der Waals surface area contributed by atoms with Crippen molar-refractivity contribution < 1.29 is 19.1 Å². The van der Waals surface area contributed by atoms with E-state index in [0.29, 0.717) is 49.4 Å². The van der Waals surface area contributed by atoms with Gasteiger partial charge in [0.25, 0.3) is 0 Å². The second-order valence-electron chi connectivity index (χ2n) is 7.72. The zero-order valence-corrected chi connectivity index (χ0v) is 22.9. The monoisotopic (exact) mass is 591 g/mol. The number of hydrogen-bond acceptors (Lipinski definition) is 5. The van der Waals surface area contributed by atoms with Crippen molar-refractivity contribution in [2.24, 2.45) is 5.10 Å². The lowest BCUT2D eigenvalue weighted by atomic mass is 10.1. The van der Waals surface area contributed by atoms with Crippen molar-refractivity contribution in [3.8, 4) is 11.5 Å². The van der Waals surface area contributed by atoms with E-state index in [-0.39, 0.29) is 6.61 Å². The van der Waals surface area contributed by atoms with E-state index in [1.165, 1.54) is 6.21 Å². The van der Waals surface area contributed by atoms with Crippen LogP contribution in [0.15, 0.2) is 58.1 Å². The molecule has 3 rings (SSSR count). The minimum absolute atomic E-state index is 0.135. The van der Waals surface area contributed by atoms with E-state index in [0.717, 1.165) is 11.1 Å². The predicted molar refractivity (Wildman–Crippen MR) is 146 cm³/mol. The molecule has 10 heteroatoms. The lowest BCUT2D eigenvalue weighted by molar-refractivity contribution is -0.136. The van der Waals surface area contributed by atoms with Gasteiger partial charge in [-0.3, -0.25) is 9.59 Å². The third-order valence-corrected chi connectivity index (χ3v) is 6.27. The van der Waals surface area contributed by atoms with Crippen molar-refractivity contribution in [3.63, 3.8) is 0 Å². The molecule has 0 aromatic heterocycles. The minimum Gasteiger partial charge on any atom is -0.490 e. The highest BCUT2D eigenvalue weighted by molar-refractivity contribution is 9.10. The van der Waals surface area contributed by atoms with Gasteiger partial charge in [-0.2, -0.15) is 5.10 Å². The van der Waals surface area contributed by atoms with Crippen molar-refractivity contribution in [1.29, 1.82) is 0 Å². The molecule has 2 N–H and O–H groups in total. The summed E-state index contributed by atoms with van der Waals surface area (Å²) in [6.07, 6.45) is 1.39. The molecule has 2 amide bonds. The van der Waals surface area contributed by atoms with Crippen molar-refractivity contribution in [3.05, 3.63) is 85.3 Å². The van der Waals surface area contributed by atoms with Gasteiger partial charge in [0.05, 0.1) is 17.3 Å². The van der Waals surface area contributed by atoms with Gasteiger partial charge in [0.2, 0.25) is 0 Å². The highest BCUT2D eigenvalue weighted by Crippen LogP contribution is 2.38. The van der Waals surface area contributed by atoms with E-state index in [1.807, 2.05) is 32.9 Å². The van der Waals surface area contributed by atoms with Crippen LogP contribution >= 0.6 is 39.1 Å². The fourth-order valence-electron chi connectivity index (χ4n) is 3.23. The first-order valence-electron chi connectivity index (χ1n) is 10.9. The number of ether oxygens (including phenoxy) is 2. The molecule has 0 saturated heterocycles. The average molecular weight is 593 g/mol. The molecule has 0 radical (unpaired) electrons. The summed E-state index contributed by atoms with van der Waals surface area (Å²) in [5.74, 6) is -0.804. The van der Waals surface area contributed by atoms with E-state index in [1.54, 1.807) is 36.4 Å². The van der Waals surface area contributed by atoms with Crippen LogP contribution in [-0.2, 0) is 16.2 Å². The van der Waals surface area contributed by atoms with E-state index in [4.69, 9.17) is 32.7 Å². The van der Waals surface area contributed by atoms with Gasteiger partial charge in [0.1, 0.15) is 6.61 Å². The lowest BCUT2D eigenvalue weighted by Crippen LogP contribution is -2.32. The summed E-state index contributed by atoms with van der Waals surface area (Å²) in [5, 5.41) is 7.46. The Kier molecular flexibility index (Phi) is 9.75. The van der Waals surface area contributed by atoms with Crippen LogP contribution in [0.2, 0.25) is 10.0 Å². The number of hydrazone groups is 1. The van der Waals surface area contributed by atoms with Crippen molar-refractivity contribution in [2.75, 3.05) is 11.9 Å². The van der Waals surface area contributed by atoms with Crippen LogP contribution in [0, 0.1) is 13.8 Å². The molecule has 0 aliphatic rings. The number of rotatable bonds is 8. The highest BCUT2D eigenvalue weighted by Gasteiger charge is 2.16. The number of hydrogen-bond donors (Lipinski definition) is 2. The number of carbonyl (C=O) groups is 2. The topological polar surface area (TPSA) is 89.0 Å². The molecule has 188 valence electrons. The van der Waals surface area contributed by atoms with Gasteiger partial charge < -0.3 is 14.8 Å². The number of benzene rings is 3. The van der Waals surface area contributed by atoms with Crippen molar-refractivity contribution in [1.82, 2.24) is 5.43 Å². The number of anilines is 1. The average Bonchev–Trinajstić information content (AvgIpc) is 2.82. The van der Waals surface area contributed by atoms with Crippen molar-refractivity contribution >= 4 is 62.8 Å². The highest BCUT2D eigenvalue weighted by atomic mass is 79.9. The standard InChI is InChI=1S/C26H24BrCl2N3O4/c1-4-35-23-12-17(11-19(27)24(23)36-14-18-20(28)6-5-7-21(18)29)13-30-32-26(34)25(33)31-22-9-8-15(2)10-16(22)3/h5-13H,4,14H2,1-3H3,(H,31,33)(H,32,34)/b30-13+. The molecule has 0 aliphatic carbocycles. The van der Waals surface area contributed by atoms with Crippen LogP contribution < -0.4 is 20.2 Å². The lowest BCUT2D eigenvalue weighted by Gasteiger charge is -2.15. The number of amides is 2. The predicted octanol–water partition coefficient (Wildman–Crippen LogP) is 6.44. The Labute approximate surface area is 227 Å². The summed E-state index contributed by atoms with van der Waals surface area (Å²) in [6.45, 7) is 6.17. The quantitative estimate of drug-likeness (QED) is 0.179. The minimum atomic E-state index is -0.896. The number of aryl methyl sites for hydroxylation is 2. The summed E-state index contributed by atoms with van der Waals surface area (Å²) >= 11 is 16.0. The fraction of sp³-hybridized carbons (Fsp3) is 0.192. The molecule has 0 saturated carbocycles. The Hall–Kier alpha value is -3.07. The molecule has 3 aromatic rings. The first-order valence-corrected chi connectivity index (χ1v) is 12.5. The third-order valence-electron chi connectivity index (χ3n) is 4.97. The summed E-state index contributed by atoms with van der Waals surface area (Å²) in [6, 6.07) is 14.2. The summed E-state index contributed by atoms with van der Waals surface area (Å²) in [7, 11) is 0. The molecule has 0 heterocycles. The molecule has 0 atom stereocenters. The molecular formula is C26H24BrCl2N3O4. The molecule has 0 fully saturated rings. The van der Waals surface area contributed by atoms with Gasteiger partial charge in [-0.1, -0.05) is 47.0 Å². The largest absolute Gasteiger partial charge is 0.490 e.